The molecule has 1 saturated heterocycles. The highest BCUT2D eigenvalue weighted by Crippen LogP contribution is 2.21. The van der Waals surface area contributed by atoms with Gasteiger partial charge in [-0.1, -0.05) is 0 Å². The zero-order valence-electron chi connectivity index (χ0n) is 9.21. The molecule has 1 rings (SSSR count). The third-order valence-electron chi connectivity index (χ3n) is 2.50. The van der Waals surface area contributed by atoms with E-state index in [9.17, 15) is 0 Å². The molecule has 0 aromatic heterocycles. The van der Waals surface area contributed by atoms with E-state index in [1.165, 1.54) is 0 Å². The van der Waals surface area contributed by atoms with Gasteiger partial charge in [0.25, 0.3) is 0 Å². The first-order valence-electron chi connectivity index (χ1n) is 5.06. The minimum Gasteiger partial charge on any atom is -0.368 e. The number of nitrogens with zero attached hydrogens (tertiary/aromatic N) is 1. The van der Waals surface area contributed by atoms with E-state index in [1.807, 2.05) is 0 Å². The summed E-state index contributed by atoms with van der Waals surface area (Å²) in [5, 5.41) is 0. The van der Waals surface area contributed by atoms with Gasteiger partial charge < -0.3 is 10.5 Å². The molecular formula is C10H22N2O. The molecule has 1 atom stereocenters. The summed E-state index contributed by atoms with van der Waals surface area (Å²) in [6.45, 7) is 11.3. The van der Waals surface area contributed by atoms with Gasteiger partial charge >= 0.3 is 0 Å². The van der Waals surface area contributed by atoms with E-state index in [2.05, 4.69) is 32.6 Å². The number of hydrogen-bond donors (Lipinski definition) is 1. The van der Waals surface area contributed by atoms with Crippen LogP contribution in [-0.2, 0) is 4.74 Å². The van der Waals surface area contributed by atoms with Crippen molar-refractivity contribution in [2.45, 2.75) is 45.4 Å². The van der Waals surface area contributed by atoms with Crippen LogP contribution < -0.4 is 5.73 Å². The lowest BCUT2D eigenvalue weighted by molar-refractivity contribution is -0.138. The Hall–Kier alpha value is -0.120. The minimum atomic E-state index is -0.0491. The van der Waals surface area contributed by atoms with Crippen molar-refractivity contribution in [3.05, 3.63) is 0 Å². The van der Waals surface area contributed by atoms with Crippen LogP contribution in [-0.4, -0.2) is 42.3 Å². The number of morpholine rings is 1. The van der Waals surface area contributed by atoms with Gasteiger partial charge in [-0.15, -0.1) is 0 Å². The van der Waals surface area contributed by atoms with Crippen LogP contribution >= 0.6 is 0 Å². The third-order valence-corrected chi connectivity index (χ3v) is 2.50. The Morgan fingerprint density at radius 3 is 2.62 bits per heavy atom. The summed E-state index contributed by atoms with van der Waals surface area (Å²) in [4.78, 5) is 2.43. The van der Waals surface area contributed by atoms with E-state index >= 15 is 0 Å². The smallest absolute Gasteiger partial charge is 0.0831 e. The molecule has 3 nitrogen and oxygen atoms in total. The molecule has 0 saturated carbocycles. The minimum absolute atomic E-state index is 0.0491. The SMILES string of the molecule is CC(C)N1CC(CN)OC(C)(C)C1. The van der Waals surface area contributed by atoms with Crippen LogP contribution in [0, 0.1) is 0 Å². The molecule has 1 unspecified atom stereocenters. The predicted octanol–water partition coefficient (Wildman–Crippen LogP) is 0.833. The fraction of sp³-hybridized carbons (Fsp3) is 1.00. The maximum absolute atomic E-state index is 5.84. The lowest BCUT2D eigenvalue weighted by Crippen LogP contribution is -2.56. The van der Waals surface area contributed by atoms with Gasteiger partial charge in [0.05, 0.1) is 11.7 Å². The molecule has 0 bridgehead atoms. The summed E-state index contributed by atoms with van der Waals surface area (Å²) in [5.41, 5.74) is 5.59. The predicted molar refractivity (Wildman–Crippen MR) is 54.7 cm³/mol. The number of hydrogen-bond acceptors (Lipinski definition) is 3. The van der Waals surface area contributed by atoms with Crippen molar-refractivity contribution in [3.63, 3.8) is 0 Å². The van der Waals surface area contributed by atoms with Crippen molar-refractivity contribution < 1.29 is 4.74 Å². The first kappa shape index (κ1) is 11.0. The molecule has 0 aromatic carbocycles. The first-order valence-corrected chi connectivity index (χ1v) is 5.06. The van der Waals surface area contributed by atoms with Crippen LogP contribution in [0.5, 0.6) is 0 Å². The Labute approximate surface area is 81.2 Å². The van der Waals surface area contributed by atoms with E-state index in [0.717, 1.165) is 13.1 Å². The van der Waals surface area contributed by atoms with Gasteiger partial charge in [0.1, 0.15) is 0 Å². The normalized spacial score (nSPS) is 29.5. The summed E-state index contributed by atoms with van der Waals surface area (Å²) in [5.74, 6) is 0. The second-order valence-electron chi connectivity index (χ2n) is 4.76. The largest absolute Gasteiger partial charge is 0.368 e. The van der Waals surface area contributed by atoms with Crippen molar-refractivity contribution in [1.82, 2.24) is 4.90 Å². The van der Waals surface area contributed by atoms with E-state index in [1.54, 1.807) is 0 Å². The van der Waals surface area contributed by atoms with E-state index in [0.29, 0.717) is 12.6 Å². The van der Waals surface area contributed by atoms with E-state index in [-0.39, 0.29) is 11.7 Å². The Morgan fingerprint density at radius 2 is 2.15 bits per heavy atom. The average Bonchev–Trinajstić information content (AvgIpc) is 2.01. The average molecular weight is 186 g/mol. The molecule has 0 aliphatic carbocycles. The van der Waals surface area contributed by atoms with E-state index < -0.39 is 0 Å². The number of rotatable bonds is 2. The van der Waals surface area contributed by atoms with Crippen molar-refractivity contribution in [1.29, 1.82) is 0 Å². The molecule has 2 N–H and O–H groups in total. The van der Waals surface area contributed by atoms with Gasteiger partial charge in [0.2, 0.25) is 0 Å². The standard InChI is InChI=1S/C10H22N2O/c1-8(2)12-6-9(5-11)13-10(3,4)7-12/h8-9H,5-7,11H2,1-4H3. The van der Waals surface area contributed by atoms with Crippen LogP contribution in [0.2, 0.25) is 0 Å². The molecule has 13 heavy (non-hydrogen) atoms. The van der Waals surface area contributed by atoms with Crippen molar-refractivity contribution >= 4 is 0 Å². The molecule has 0 spiro atoms. The van der Waals surface area contributed by atoms with Crippen LogP contribution in [0.3, 0.4) is 0 Å². The second kappa shape index (κ2) is 3.95. The fourth-order valence-corrected chi connectivity index (χ4v) is 1.86. The summed E-state index contributed by atoms with van der Waals surface area (Å²) >= 11 is 0. The van der Waals surface area contributed by atoms with Gasteiger partial charge in [-0.25, -0.2) is 0 Å². The molecule has 1 aliphatic heterocycles. The number of ether oxygens (including phenoxy) is 1. The van der Waals surface area contributed by atoms with Gasteiger partial charge in [0.15, 0.2) is 0 Å². The van der Waals surface area contributed by atoms with Crippen molar-refractivity contribution in [3.8, 4) is 0 Å². The second-order valence-corrected chi connectivity index (χ2v) is 4.76. The Bertz CT molecular complexity index is 168. The fourth-order valence-electron chi connectivity index (χ4n) is 1.86. The molecule has 0 radical (unpaired) electrons. The Kier molecular flexibility index (Phi) is 3.33. The topological polar surface area (TPSA) is 38.5 Å². The highest BCUT2D eigenvalue weighted by Gasteiger charge is 2.33. The Morgan fingerprint density at radius 1 is 1.54 bits per heavy atom. The highest BCUT2D eigenvalue weighted by atomic mass is 16.5. The molecule has 1 aliphatic rings. The lowest BCUT2D eigenvalue weighted by atomic mass is 10.0. The molecule has 0 amide bonds. The highest BCUT2D eigenvalue weighted by molar-refractivity contribution is 4.85. The Balaban J connectivity index is 2.60. The zero-order chi connectivity index (χ0) is 10.1. The maximum atomic E-state index is 5.84. The van der Waals surface area contributed by atoms with Crippen molar-refractivity contribution in [2.75, 3.05) is 19.6 Å². The lowest BCUT2D eigenvalue weighted by Gasteiger charge is -2.44. The van der Waals surface area contributed by atoms with Gasteiger partial charge in [-0.2, -0.15) is 0 Å². The molecule has 78 valence electrons. The molecule has 1 fully saturated rings. The van der Waals surface area contributed by atoms with Crippen molar-refractivity contribution in [2.24, 2.45) is 5.73 Å². The van der Waals surface area contributed by atoms with Gasteiger partial charge in [0, 0.05) is 25.7 Å². The van der Waals surface area contributed by atoms with Crippen LogP contribution in [0.1, 0.15) is 27.7 Å². The van der Waals surface area contributed by atoms with Crippen LogP contribution in [0.4, 0.5) is 0 Å². The molecular weight excluding hydrogens is 164 g/mol. The first-order chi connectivity index (χ1) is 5.94. The van der Waals surface area contributed by atoms with Gasteiger partial charge in [-0.05, 0) is 27.7 Å². The zero-order valence-corrected chi connectivity index (χ0v) is 9.21. The molecule has 0 aromatic rings. The summed E-state index contributed by atoms with van der Waals surface area (Å²) < 4.78 is 5.84. The van der Waals surface area contributed by atoms with Crippen LogP contribution in [0.15, 0.2) is 0 Å². The monoisotopic (exact) mass is 186 g/mol. The summed E-state index contributed by atoms with van der Waals surface area (Å²) in [7, 11) is 0. The molecule has 3 heteroatoms. The molecule has 1 heterocycles. The van der Waals surface area contributed by atoms with Crippen LogP contribution in [0.25, 0.3) is 0 Å². The number of nitrogens with two attached hydrogens (primary N) is 1. The van der Waals surface area contributed by atoms with Gasteiger partial charge in [-0.3, -0.25) is 4.90 Å². The summed E-state index contributed by atoms with van der Waals surface area (Å²) in [6.07, 6.45) is 0.200. The summed E-state index contributed by atoms with van der Waals surface area (Å²) in [6, 6.07) is 0.581. The van der Waals surface area contributed by atoms with E-state index in [4.69, 9.17) is 10.5 Å². The quantitative estimate of drug-likeness (QED) is 0.694. The third kappa shape index (κ3) is 2.93. The maximum Gasteiger partial charge on any atom is 0.0831 e.